The van der Waals surface area contributed by atoms with E-state index >= 15 is 0 Å². The van der Waals surface area contributed by atoms with Gasteiger partial charge in [0.2, 0.25) is 0 Å². The van der Waals surface area contributed by atoms with E-state index in [2.05, 4.69) is 166 Å². The maximum absolute atomic E-state index is 3.81. The van der Waals surface area contributed by atoms with Crippen molar-refractivity contribution < 1.29 is 0 Å². The standard InChI is InChI=1S/C41H28BrN/c42-38-23-22-36-40-34(13-7-14-35(38)40)33-21-18-29(26-37(33)41(36)24-25-41)27-16-19-31(20-17-27)43(30-10-2-1-3-11-30)39-15-6-9-28-8-4-5-12-32(28)39/h1-23,26H,24-25H2. The van der Waals surface area contributed by atoms with Crippen molar-refractivity contribution in [1.29, 1.82) is 0 Å². The Balaban J connectivity index is 1.15. The van der Waals surface area contributed by atoms with Crippen molar-refractivity contribution in [2.24, 2.45) is 0 Å². The molecule has 0 bridgehead atoms. The largest absolute Gasteiger partial charge is 0.310 e. The van der Waals surface area contributed by atoms with Crippen LogP contribution in [0, 0.1) is 0 Å². The van der Waals surface area contributed by atoms with E-state index in [9.17, 15) is 0 Å². The lowest BCUT2D eigenvalue weighted by Gasteiger charge is -2.30. The average Bonchev–Trinajstić information content (AvgIpc) is 3.87. The van der Waals surface area contributed by atoms with Crippen LogP contribution in [0.3, 0.4) is 0 Å². The molecule has 1 nitrogen and oxygen atoms in total. The van der Waals surface area contributed by atoms with Crippen molar-refractivity contribution >= 4 is 54.5 Å². The molecule has 1 spiro atoms. The molecular formula is C41H28BrN. The highest BCUT2D eigenvalue weighted by Gasteiger charge is 2.50. The molecule has 2 aliphatic rings. The van der Waals surface area contributed by atoms with Crippen LogP contribution in [-0.2, 0) is 5.41 Å². The van der Waals surface area contributed by atoms with Gasteiger partial charge in [-0.1, -0.05) is 119 Å². The molecule has 204 valence electrons. The number of nitrogens with zero attached hydrogens (tertiary/aromatic N) is 1. The number of anilines is 3. The first-order valence-corrected chi connectivity index (χ1v) is 15.8. The molecule has 0 amide bonds. The molecule has 2 heteroatoms. The van der Waals surface area contributed by atoms with E-state index in [1.54, 1.807) is 0 Å². The average molecular weight is 615 g/mol. The van der Waals surface area contributed by atoms with Crippen LogP contribution >= 0.6 is 15.9 Å². The van der Waals surface area contributed by atoms with E-state index in [1.807, 2.05) is 0 Å². The third kappa shape index (κ3) is 3.76. The summed E-state index contributed by atoms with van der Waals surface area (Å²) in [5, 5.41) is 5.23. The lowest BCUT2D eigenvalue weighted by molar-refractivity contribution is 0.853. The van der Waals surface area contributed by atoms with Crippen LogP contribution in [0.1, 0.15) is 24.0 Å². The van der Waals surface area contributed by atoms with Gasteiger partial charge in [-0.15, -0.1) is 0 Å². The van der Waals surface area contributed by atoms with E-state index in [0.717, 1.165) is 11.4 Å². The van der Waals surface area contributed by atoms with Crippen LogP contribution < -0.4 is 4.90 Å². The Labute approximate surface area is 260 Å². The number of hydrogen-bond acceptors (Lipinski definition) is 1. The predicted molar refractivity (Wildman–Crippen MR) is 185 cm³/mol. The summed E-state index contributed by atoms with van der Waals surface area (Å²) in [7, 11) is 0. The third-order valence-corrected chi connectivity index (χ3v) is 10.3. The number of fused-ring (bicyclic) bond motifs is 5. The van der Waals surface area contributed by atoms with Crippen molar-refractivity contribution in [1.82, 2.24) is 0 Å². The molecule has 0 atom stereocenters. The lowest BCUT2D eigenvalue weighted by Crippen LogP contribution is -2.15. The summed E-state index contributed by atoms with van der Waals surface area (Å²) in [4.78, 5) is 2.37. The van der Waals surface area contributed by atoms with Crippen LogP contribution in [0.25, 0.3) is 43.8 Å². The first-order valence-electron chi connectivity index (χ1n) is 15.0. The molecule has 0 saturated heterocycles. The van der Waals surface area contributed by atoms with Gasteiger partial charge in [0, 0.05) is 26.6 Å². The minimum Gasteiger partial charge on any atom is -0.310 e. The maximum atomic E-state index is 3.81. The van der Waals surface area contributed by atoms with Crippen LogP contribution in [0.5, 0.6) is 0 Å². The minimum atomic E-state index is 0.136. The molecule has 2 aliphatic carbocycles. The predicted octanol–water partition coefficient (Wildman–Crippen LogP) is 12.0. The quantitative estimate of drug-likeness (QED) is 0.191. The van der Waals surface area contributed by atoms with Gasteiger partial charge in [-0.25, -0.2) is 0 Å². The van der Waals surface area contributed by atoms with Gasteiger partial charge in [0.1, 0.15) is 0 Å². The van der Waals surface area contributed by atoms with Gasteiger partial charge < -0.3 is 4.90 Å². The van der Waals surface area contributed by atoms with Crippen molar-refractivity contribution in [2.45, 2.75) is 18.3 Å². The topological polar surface area (TPSA) is 3.24 Å². The molecule has 0 unspecified atom stereocenters. The van der Waals surface area contributed by atoms with Crippen molar-refractivity contribution in [3.05, 3.63) is 161 Å². The number of para-hydroxylation sites is 1. The first-order chi connectivity index (χ1) is 21.2. The van der Waals surface area contributed by atoms with Gasteiger partial charge >= 0.3 is 0 Å². The number of hydrogen-bond donors (Lipinski definition) is 0. The zero-order valence-corrected chi connectivity index (χ0v) is 25.2. The first kappa shape index (κ1) is 24.9. The van der Waals surface area contributed by atoms with Crippen LogP contribution in [0.15, 0.2) is 150 Å². The SMILES string of the molecule is Brc1ccc2c3c(cccc13)-c1ccc(-c3ccc(N(c4ccccc4)c4cccc5ccccc45)cc3)cc1C21CC1. The Morgan fingerprint density at radius 3 is 2.05 bits per heavy atom. The fraction of sp³-hybridized carbons (Fsp3) is 0.0732. The number of benzene rings is 7. The Morgan fingerprint density at radius 1 is 0.512 bits per heavy atom. The molecule has 1 fully saturated rings. The second-order valence-electron chi connectivity index (χ2n) is 11.9. The molecule has 0 N–H and O–H groups in total. The summed E-state index contributed by atoms with van der Waals surface area (Å²) in [6.07, 6.45) is 2.43. The maximum Gasteiger partial charge on any atom is 0.0540 e. The second kappa shape index (κ2) is 9.42. The molecule has 0 aromatic heterocycles. The second-order valence-corrected chi connectivity index (χ2v) is 12.7. The van der Waals surface area contributed by atoms with Gasteiger partial charge in [0.05, 0.1) is 5.69 Å². The van der Waals surface area contributed by atoms with E-state index in [1.165, 1.54) is 77.9 Å². The summed E-state index contributed by atoms with van der Waals surface area (Å²) >= 11 is 3.81. The molecule has 0 heterocycles. The molecule has 0 radical (unpaired) electrons. The molecule has 0 aliphatic heterocycles. The van der Waals surface area contributed by atoms with E-state index in [-0.39, 0.29) is 5.41 Å². The normalized spacial score (nSPS) is 14.2. The summed E-state index contributed by atoms with van der Waals surface area (Å²) in [6.45, 7) is 0. The van der Waals surface area contributed by atoms with Gasteiger partial charge in [0.25, 0.3) is 0 Å². The summed E-state index contributed by atoms with van der Waals surface area (Å²) in [5.41, 5.74) is 11.9. The van der Waals surface area contributed by atoms with E-state index in [4.69, 9.17) is 0 Å². The smallest absolute Gasteiger partial charge is 0.0540 e. The van der Waals surface area contributed by atoms with Crippen LogP contribution in [0.2, 0.25) is 0 Å². The summed E-state index contributed by atoms with van der Waals surface area (Å²) in [6, 6.07) is 53.5. The van der Waals surface area contributed by atoms with E-state index in [0.29, 0.717) is 0 Å². The summed E-state index contributed by atoms with van der Waals surface area (Å²) in [5.74, 6) is 0. The number of halogens is 1. The molecule has 9 rings (SSSR count). The minimum absolute atomic E-state index is 0.136. The Kier molecular flexibility index (Phi) is 5.46. The molecule has 7 aromatic carbocycles. The van der Waals surface area contributed by atoms with Gasteiger partial charge in [-0.3, -0.25) is 0 Å². The van der Waals surface area contributed by atoms with Crippen LogP contribution in [-0.4, -0.2) is 0 Å². The number of rotatable bonds is 4. The molecule has 1 saturated carbocycles. The molecule has 7 aromatic rings. The zero-order chi connectivity index (χ0) is 28.5. The van der Waals surface area contributed by atoms with Crippen molar-refractivity contribution in [3.63, 3.8) is 0 Å². The highest BCUT2D eigenvalue weighted by Crippen LogP contribution is 2.62. The highest BCUT2D eigenvalue weighted by atomic mass is 79.9. The Morgan fingerprint density at radius 2 is 1.21 bits per heavy atom. The van der Waals surface area contributed by atoms with Crippen molar-refractivity contribution in [2.75, 3.05) is 4.90 Å². The monoisotopic (exact) mass is 613 g/mol. The Hall–Kier alpha value is -4.66. The molecular weight excluding hydrogens is 586 g/mol. The zero-order valence-electron chi connectivity index (χ0n) is 23.6. The molecule has 43 heavy (non-hydrogen) atoms. The van der Waals surface area contributed by atoms with Crippen molar-refractivity contribution in [3.8, 4) is 22.3 Å². The highest BCUT2D eigenvalue weighted by molar-refractivity contribution is 9.10. The Bertz CT molecular complexity index is 2190. The van der Waals surface area contributed by atoms with Crippen LogP contribution in [0.4, 0.5) is 17.1 Å². The fourth-order valence-electron chi connectivity index (χ4n) is 7.37. The third-order valence-electron chi connectivity index (χ3n) is 9.56. The van der Waals surface area contributed by atoms with E-state index < -0.39 is 0 Å². The van der Waals surface area contributed by atoms with Gasteiger partial charge in [0.15, 0.2) is 0 Å². The van der Waals surface area contributed by atoms with Gasteiger partial charge in [-0.05, 0) is 105 Å². The van der Waals surface area contributed by atoms with Gasteiger partial charge in [-0.2, -0.15) is 0 Å². The summed E-state index contributed by atoms with van der Waals surface area (Å²) < 4.78 is 1.18. The lowest BCUT2D eigenvalue weighted by atomic mass is 9.74. The fourth-order valence-corrected chi connectivity index (χ4v) is 7.83.